The van der Waals surface area contributed by atoms with Crippen LogP contribution in [0, 0.1) is 5.92 Å². The third-order valence-corrected chi connectivity index (χ3v) is 4.93. The smallest absolute Gasteiger partial charge is 0.0136 e. The minimum Gasteiger partial charge on any atom is -0.314 e. The average molecular weight is 237 g/mol. The van der Waals surface area contributed by atoms with E-state index in [-0.39, 0.29) is 0 Å². The predicted molar refractivity (Wildman–Crippen MR) is 71.2 cm³/mol. The van der Waals surface area contributed by atoms with Crippen LogP contribution in [0.25, 0.3) is 0 Å². The fourth-order valence-electron chi connectivity index (χ4n) is 4.02. The summed E-state index contributed by atoms with van der Waals surface area (Å²) in [5.41, 5.74) is 0. The monoisotopic (exact) mass is 237 g/mol. The van der Waals surface area contributed by atoms with E-state index in [9.17, 15) is 0 Å². The van der Waals surface area contributed by atoms with Gasteiger partial charge in [0.1, 0.15) is 0 Å². The van der Waals surface area contributed by atoms with Crippen molar-refractivity contribution in [3.63, 3.8) is 0 Å². The summed E-state index contributed by atoms with van der Waals surface area (Å²) >= 11 is 0. The Bertz CT molecular complexity index is 236. The molecule has 0 saturated carbocycles. The lowest BCUT2D eigenvalue weighted by atomic mass is 9.83. The lowest BCUT2D eigenvalue weighted by molar-refractivity contribution is 0.0383. The summed E-state index contributed by atoms with van der Waals surface area (Å²) in [5.74, 6) is 0.960. The van der Waals surface area contributed by atoms with Crippen molar-refractivity contribution in [1.82, 2.24) is 15.1 Å². The molecule has 1 unspecified atom stereocenters. The molecule has 98 valence electrons. The summed E-state index contributed by atoms with van der Waals surface area (Å²) < 4.78 is 0. The molecule has 0 radical (unpaired) electrons. The first-order valence-electron chi connectivity index (χ1n) is 7.60. The van der Waals surface area contributed by atoms with Gasteiger partial charge in [-0.2, -0.15) is 0 Å². The highest BCUT2D eigenvalue weighted by molar-refractivity contribution is 4.89. The molecule has 0 aromatic rings. The number of nitrogens with one attached hydrogen (secondary N) is 1. The van der Waals surface area contributed by atoms with Gasteiger partial charge in [0.05, 0.1) is 0 Å². The van der Waals surface area contributed by atoms with E-state index in [2.05, 4.69) is 15.1 Å². The quantitative estimate of drug-likeness (QED) is 0.777. The molecule has 3 nitrogen and oxygen atoms in total. The molecule has 2 atom stereocenters. The Morgan fingerprint density at radius 3 is 2.59 bits per heavy atom. The van der Waals surface area contributed by atoms with Gasteiger partial charge < -0.3 is 15.1 Å². The highest BCUT2D eigenvalue weighted by Crippen LogP contribution is 2.31. The van der Waals surface area contributed by atoms with E-state index in [4.69, 9.17) is 0 Å². The van der Waals surface area contributed by atoms with Crippen molar-refractivity contribution >= 4 is 0 Å². The third-order valence-electron chi connectivity index (χ3n) is 4.93. The van der Waals surface area contributed by atoms with Crippen LogP contribution in [-0.4, -0.2) is 61.7 Å². The van der Waals surface area contributed by atoms with E-state index in [1.165, 1.54) is 77.9 Å². The van der Waals surface area contributed by atoms with Crippen molar-refractivity contribution < 1.29 is 0 Å². The van der Waals surface area contributed by atoms with Gasteiger partial charge in [0, 0.05) is 38.8 Å². The Balaban J connectivity index is 1.56. The van der Waals surface area contributed by atoms with Crippen LogP contribution in [0.4, 0.5) is 0 Å². The van der Waals surface area contributed by atoms with Gasteiger partial charge in [0.25, 0.3) is 0 Å². The molecular formula is C14H27N3. The van der Waals surface area contributed by atoms with Crippen LogP contribution in [-0.2, 0) is 0 Å². The maximum Gasteiger partial charge on any atom is 0.0136 e. The highest BCUT2D eigenvalue weighted by Gasteiger charge is 2.33. The highest BCUT2D eigenvalue weighted by atomic mass is 15.2. The minimum absolute atomic E-state index is 0.924. The van der Waals surface area contributed by atoms with Crippen molar-refractivity contribution in [3.05, 3.63) is 0 Å². The van der Waals surface area contributed by atoms with Gasteiger partial charge in [-0.25, -0.2) is 0 Å². The van der Waals surface area contributed by atoms with Crippen molar-refractivity contribution in [2.24, 2.45) is 5.92 Å². The first-order valence-corrected chi connectivity index (χ1v) is 7.60. The first-order chi connectivity index (χ1) is 8.43. The van der Waals surface area contributed by atoms with Crippen molar-refractivity contribution in [2.45, 2.75) is 38.1 Å². The second-order valence-corrected chi connectivity index (χ2v) is 6.05. The summed E-state index contributed by atoms with van der Waals surface area (Å²) in [7, 11) is 0. The number of nitrogens with zero attached hydrogens (tertiary/aromatic N) is 2. The Morgan fingerprint density at radius 2 is 1.71 bits per heavy atom. The van der Waals surface area contributed by atoms with Gasteiger partial charge in [0.2, 0.25) is 0 Å². The van der Waals surface area contributed by atoms with Gasteiger partial charge in [-0.15, -0.1) is 0 Å². The summed E-state index contributed by atoms with van der Waals surface area (Å²) in [6.07, 6.45) is 7.30. The Labute approximate surface area is 106 Å². The molecule has 0 aromatic heterocycles. The molecule has 3 saturated heterocycles. The average Bonchev–Trinajstić information content (AvgIpc) is 2.40. The van der Waals surface area contributed by atoms with Gasteiger partial charge in [-0.1, -0.05) is 6.42 Å². The van der Waals surface area contributed by atoms with E-state index in [0.717, 1.165) is 12.0 Å². The van der Waals surface area contributed by atoms with Gasteiger partial charge in [-0.05, 0) is 44.7 Å². The number of hydrogen-bond acceptors (Lipinski definition) is 3. The second kappa shape index (κ2) is 5.68. The number of piperazine rings is 1. The number of fused-ring (bicyclic) bond motifs is 1. The maximum atomic E-state index is 3.46. The third kappa shape index (κ3) is 2.83. The fraction of sp³-hybridized carbons (Fsp3) is 1.00. The molecule has 3 aliphatic rings. The molecule has 3 fully saturated rings. The second-order valence-electron chi connectivity index (χ2n) is 6.05. The molecule has 0 aliphatic carbocycles. The van der Waals surface area contributed by atoms with E-state index < -0.39 is 0 Å². The van der Waals surface area contributed by atoms with Crippen LogP contribution in [0.1, 0.15) is 32.1 Å². The standard InChI is InChI=1S/C14H27N3/c1-2-8-17-9-3-4-13(14(17)5-1)12-16-10-6-15-7-11-16/h13-15H,1-12H2/t13-,14?/m0/s1. The molecular weight excluding hydrogens is 210 g/mol. The number of rotatable bonds is 2. The van der Waals surface area contributed by atoms with Crippen LogP contribution in [0.15, 0.2) is 0 Å². The zero-order chi connectivity index (χ0) is 11.5. The van der Waals surface area contributed by atoms with E-state index >= 15 is 0 Å². The van der Waals surface area contributed by atoms with Crippen LogP contribution >= 0.6 is 0 Å². The molecule has 3 aliphatic heterocycles. The predicted octanol–water partition coefficient (Wildman–Crippen LogP) is 1.16. The Hall–Kier alpha value is -0.120. The van der Waals surface area contributed by atoms with Gasteiger partial charge in [-0.3, -0.25) is 0 Å². The molecule has 3 heterocycles. The molecule has 0 spiro atoms. The normalized spacial score (nSPS) is 36.7. The zero-order valence-electron chi connectivity index (χ0n) is 11.0. The Kier molecular flexibility index (Phi) is 3.99. The SMILES string of the molecule is C1CCN2CCC[C@@H](CN3CCNCC3)C2C1. The minimum atomic E-state index is 0.924. The lowest BCUT2D eigenvalue weighted by Gasteiger charge is -2.46. The molecule has 0 amide bonds. The summed E-state index contributed by atoms with van der Waals surface area (Å²) in [5, 5.41) is 3.46. The number of hydrogen-bond donors (Lipinski definition) is 1. The molecule has 0 aromatic carbocycles. The van der Waals surface area contributed by atoms with E-state index in [1.54, 1.807) is 0 Å². The van der Waals surface area contributed by atoms with Crippen LogP contribution in [0.2, 0.25) is 0 Å². The summed E-state index contributed by atoms with van der Waals surface area (Å²) in [6, 6.07) is 0.924. The van der Waals surface area contributed by atoms with Crippen LogP contribution < -0.4 is 5.32 Å². The zero-order valence-corrected chi connectivity index (χ0v) is 11.0. The molecule has 17 heavy (non-hydrogen) atoms. The largest absolute Gasteiger partial charge is 0.314 e. The molecule has 0 bridgehead atoms. The van der Waals surface area contributed by atoms with Crippen LogP contribution in [0.3, 0.4) is 0 Å². The van der Waals surface area contributed by atoms with E-state index in [0.29, 0.717) is 0 Å². The number of piperidine rings is 2. The van der Waals surface area contributed by atoms with E-state index in [1.807, 2.05) is 0 Å². The summed E-state index contributed by atoms with van der Waals surface area (Å²) in [6.45, 7) is 9.04. The topological polar surface area (TPSA) is 18.5 Å². The van der Waals surface area contributed by atoms with Gasteiger partial charge in [0.15, 0.2) is 0 Å². The van der Waals surface area contributed by atoms with Crippen molar-refractivity contribution in [2.75, 3.05) is 45.8 Å². The fourth-order valence-corrected chi connectivity index (χ4v) is 4.02. The lowest BCUT2D eigenvalue weighted by Crippen LogP contribution is -2.53. The first kappa shape index (κ1) is 11.9. The van der Waals surface area contributed by atoms with Crippen molar-refractivity contribution in [3.8, 4) is 0 Å². The van der Waals surface area contributed by atoms with Crippen LogP contribution in [0.5, 0.6) is 0 Å². The summed E-state index contributed by atoms with van der Waals surface area (Å²) in [4.78, 5) is 5.49. The molecule has 3 heteroatoms. The maximum absolute atomic E-state index is 3.46. The Morgan fingerprint density at radius 1 is 0.882 bits per heavy atom. The molecule has 1 N–H and O–H groups in total. The molecule has 3 rings (SSSR count). The van der Waals surface area contributed by atoms with Crippen molar-refractivity contribution in [1.29, 1.82) is 0 Å². The van der Waals surface area contributed by atoms with Gasteiger partial charge >= 0.3 is 0 Å².